The molecule has 1 aliphatic rings. The minimum Gasteiger partial charge on any atom is -0.497 e. The van der Waals surface area contributed by atoms with E-state index in [0.717, 1.165) is 36.8 Å². The minimum absolute atomic E-state index is 0.418. The second kappa shape index (κ2) is 6.50. The molecule has 4 nitrogen and oxygen atoms in total. The summed E-state index contributed by atoms with van der Waals surface area (Å²) in [6, 6.07) is 5.79. The lowest BCUT2D eigenvalue weighted by molar-refractivity contribution is 0.107. The standard InChI is InChI=1S/C14H21NO3/c1-16-12-5-6-13(14(10-12)17-2)15-8-7-11-4-3-9-18-11/h5-6,10-11,15H,3-4,7-9H2,1-2H3. The van der Waals surface area contributed by atoms with Gasteiger partial charge >= 0.3 is 0 Å². The zero-order valence-corrected chi connectivity index (χ0v) is 11.1. The van der Waals surface area contributed by atoms with E-state index in [9.17, 15) is 0 Å². The molecule has 0 aliphatic carbocycles. The molecule has 1 fully saturated rings. The molecule has 0 bridgehead atoms. The Morgan fingerprint density at radius 1 is 1.33 bits per heavy atom. The van der Waals surface area contributed by atoms with Crippen LogP contribution in [0.1, 0.15) is 19.3 Å². The molecule has 100 valence electrons. The topological polar surface area (TPSA) is 39.7 Å². The predicted octanol–water partition coefficient (Wildman–Crippen LogP) is 2.68. The summed E-state index contributed by atoms with van der Waals surface area (Å²) < 4.78 is 16.1. The number of ether oxygens (including phenoxy) is 3. The van der Waals surface area contributed by atoms with Gasteiger partial charge in [-0.15, -0.1) is 0 Å². The average Bonchev–Trinajstić information content (AvgIpc) is 2.92. The van der Waals surface area contributed by atoms with Crippen molar-refractivity contribution in [2.24, 2.45) is 0 Å². The first kappa shape index (κ1) is 13.0. The Morgan fingerprint density at radius 2 is 2.22 bits per heavy atom. The third kappa shape index (κ3) is 3.29. The van der Waals surface area contributed by atoms with Crippen LogP contribution in [0.3, 0.4) is 0 Å². The van der Waals surface area contributed by atoms with Crippen LogP contribution in [0, 0.1) is 0 Å². The molecule has 1 heterocycles. The van der Waals surface area contributed by atoms with Crippen molar-refractivity contribution < 1.29 is 14.2 Å². The maximum absolute atomic E-state index is 5.59. The van der Waals surface area contributed by atoms with Gasteiger partial charge in [0, 0.05) is 19.2 Å². The van der Waals surface area contributed by atoms with E-state index in [0.29, 0.717) is 6.10 Å². The van der Waals surface area contributed by atoms with Crippen LogP contribution < -0.4 is 14.8 Å². The van der Waals surface area contributed by atoms with Gasteiger partial charge in [-0.1, -0.05) is 0 Å². The van der Waals surface area contributed by atoms with Gasteiger partial charge in [0.05, 0.1) is 26.0 Å². The van der Waals surface area contributed by atoms with E-state index in [4.69, 9.17) is 14.2 Å². The minimum atomic E-state index is 0.418. The van der Waals surface area contributed by atoms with E-state index in [1.165, 1.54) is 12.8 Å². The van der Waals surface area contributed by atoms with Crippen molar-refractivity contribution in [1.29, 1.82) is 0 Å². The maximum Gasteiger partial charge on any atom is 0.145 e. The molecule has 4 heteroatoms. The summed E-state index contributed by atoms with van der Waals surface area (Å²) in [5.74, 6) is 1.61. The Bertz CT molecular complexity index is 375. The summed E-state index contributed by atoms with van der Waals surface area (Å²) in [5.41, 5.74) is 0.997. The summed E-state index contributed by atoms with van der Waals surface area (Å²) in [6.07, 6.45) is 3.83. The van der Waals surface area contributed by atoms with Crippen LogP contribution >= 0.6 is 0 Å². The Kier molecular flexibility index (Phi) is 4.70. The Morgan fingerprint density at radius 3 is 2.89 bits per heavy atom. The molecule has 1 aromatic carbocycles. The molecule has 1 aliphatic heterocycles. The molecule has 0 radical (unpaired) electrons. The summed E-state index contributed by atoms with van der Waals surface area (Å²) in [6.45, 7) is 1.81. The number of rotatable bonds is 6. The van der Waals surface area contributed by atoms with Gasteiger partial charge in [0.15, 0.2) is 0 Å². The van der Waals surface area contributed by atoms with Crippen molar-refractivity contribution in [1.82, 2.24) is 0 Å². The van der Waals surface area contributed by atoms with Crippen LogP contribution in [0.5, 0.6) is 11.5 Å². The Hall–Kier alpha value is -1.42. The van der Waals surface area contributed by atoms with Gasteiger partial charge in [-0.2, -0.15) is 0 Å². The smallest absolute Gasteiger partial charge is 0.145 e. The van der Waals surface area contributed by atoms with E-state index >= 15 is 0 Å². The quantitative estimate of drug-likeness (QED) is 0.843. The summed E-state index contributed by atoms with van der Waals surface area (Å²) >= 11 is 0. The monoisotopic (exact) mass is 251 g/mol. The average molecular weight is 251 g/mol. The summed E-state index contributed by atoms with van der Waals surface area (Å²) in [4.78, 5) is 0. The number of anilines is 1. The molecule has 1 atom stereocenters. The normalized spacial score (nSPS) is 18.7. The number of nitrogens with one attached hydrogen (secondary N) is 1. The van der Waals surface area contributed by atoms with Crippen molar-refractivity contribution in [3.05, 3.63) is 18.2 Å². The number of hydrogen-bond donors (Lipinski definition) is 1. The molecule has 1 saturated heterocycles. The predicted molar refractivity (Wildman–Crippen MR) is 71.6 cm³/mol. The van der Waals surface area contributed by atoms with E-state index < -0.39 is 0 Å². The van der Waals surface area contributed by atoms with Gasteiger partial charge < -0.3 is 19.5 Å². The molecule has 0 spiro atoms. The molecule has 0 saturated carbocycles. The SMILES string of the molecule is COc1ccc(NCCC2CCCO2)c(OC)c1. The zero-order valence-electron chi connectivity index (χ0n) is 11.1. The van der Waals surface area contributed by atoms with E-state index in [1.807, 2.05) is 18.2 Å². The van der Waals surface area contributed by atoms with Gasteiger partial charge in [-0.3, -0.25) is 0 Å². The van der Waals surface area contributed by atoms with Crippen molar-refractivity contribution in [2.45, 2.75) is 25.4 Å². The first-order valence-corrected chi connectivity index (χ1v) is 6.41. The third-order valence-electron chi connectivity index (χ3n) is 3.21. The van der Waals surface area contributed by atoms with Crippen LogP contribution in [0.15, 0.2) is 18.2 Å². The molecule has 1 N–H and O–H groups in total. The van der Waals surface area contributed by atoms with Crippen molar-refractivity contribution >= 4 is 5.69 Å². The lowest BCUT2D eigenvalue weighted by Crippen LogP contribution is -2.12. The first-order valence-electron chi connectivity index (χ1n) is 6.41. The molecule has 0 aromatic heterocycles. The maximum atomic E-state index is 5.59. The lowest BCUT2D eigenvalue weighted by atomic mass is 10.2. The van der Waals surface area contributed by atoms with E-state index in [-0.39, 0.29) is 0 Å². The Labute approximate surface area is 108 Å². The fourth-order valence-electron chi connectivity index (χ4n) is 2.18. The lowest BCUT2D eigenvalue weighted by Gasteiger charge is -2.14. The van der Waals surface area contributed by atoms with Crippen molar-refractivity contribution in [2.75, 3.05) is 32.7 Å². The highest BCUT2D eigenvalue weighted by Gasteiger charge is 2.14. The molecular formula is C14H21NO3. The van der Waals surface area contributed by atoms with Crippen molar-refractivity contribution in [3.8, 4) is 11.5 Å². The number of benzene rings is 1. The molecule has 1 aromatic rings. The van der Waals surface area contributed by atoms with Gasteiger partial charge in [-0.25, -0.2) is 0 Å². The third-order valence-corrected chi connectivity index (χ3v) is 3.21. The van der Waals surface area contributed by atoms with Crippen molar-refractivity contribution in [3.63, 3.8) is 0 Å². The molecule has 0 amide bonds. The fourth-order valence-corrected chi connectivity index (χ4v) is 2.18. The van der Waals surface area contributed by atoms with E-state index in [1.54, 1.807) is 14.2 Å². The van der Waals surface area contributed by atoms with Crippen LogP contribution in [0.25, 0.3) is 0 Å². The van der Waals surface area contributed by atoms with Gasteiger partial charge in [-0.05, 0) is 31.4 Å². The second-order valence-electron chi connectivity index (χ2n) is 4.42. The Balaban J connectivity index is 1.87. The van der Waals surface area contributed by atoms with Crippen LogP contribution in [-0.2, 0) is 4.74 Å². The number of methoxy groups -OCH3 is 2. The van der Waals surface area contributed by atoms with E-state index in [2.05, 4.69) is 5.32 Å². The molecular weight excluding hydrogens is 230 g/mol. The van der Waals surface area contributed by atoms with Gasteiger partial charge in [0.2, 0.25) is 0 Å². The first-order chi connectivity index (χ1) is 8.83. The fraction of sp³-hybridized carbons (Fsp3) is 0.571. The van der Waals surface area contributed by atoms with Gasteiger partial charge in [0.1, 0.15) is 11.5 Å². The highest BCUT2D eigenvalue weighted by molar-refractivity contribution is 5.59. The van der Waals surface area contributed by atoms with Crippen LogP contribution in [0.2, 0.25) is 0 Å². The van der Waals surface area contributed by atoms with Crippen LogP contribution in [0.4, 0.5) is 5.69 Å². The number of hydrogen-bond acceptors (Lipinski definition) is 4. The zero-order chi connectivity index (χ0) is 12.8. The van der Waals surface area contributed by atoms with Crippen LogP contribution in [-0.4, -0.2) is 33.5 Å². The molecule has 1 unspecified atom stereocenters. The highest BCUT2D eigenvalue weighted by atomic mass is 16.5. The molecule has 2 rings (SSSR count). The largest absolute Gasteiger partial charge is 0.497 e. The second-order valence-corrected chi connectivity index (χ2v) is 4.42. The molecule has 18 heavy (non-hydrogen) atoms. The summed E-state index contributed by atoms with van der Waals surface area (Å²) in [5, 5.41) is 3.38. The summed E-state index contributed by atoms with van der Waals surface area (Å²) in [7, 11) is 3.32. The van der Waals surface area contributed by atoms with Gasteiger partial charge in [0.25, 0.3) is 0 Å². The highest BCUT2D eigenvalue weighted by Crippen LogP contribution is 2.29.